The van der Waals surface area contributed by atoms with Gasteiger partial charge in [-0.15, -0.1) is 0 Å². The van der Waals surface area contributed by atoms with Crippen molar-refractivity contribution in [1.29, 1.82) is 0 Å². The van der Waals surface area contributed by atoms with Crippen molar-refractivity contribution in [2.24, 2.45) is 0 Å². The monoisotopic (exact) mass is 408 g/mol. The van der Waals surface area contributed by atoms with Gasteiger partial charge in [0.15, 0.2) is 17.6 Å². The second-order valence-corrected chi connectivity index (χ2v) is 7.36. The number of carbonyl (C=O) groups excluding carboxylic acids is 2. The summed E-state index contributed by atoms with van der Waals surface area (Å²) in [6, 6.07) is 9.25. The molecular formula is C24H24O6. The van der Waals surface area contributed by atoms with Gasteiger partial charge in [0.1, 0.15) is 13.2 Å². The van der Waals surface area contributed by atoms with Crippen molar-refractivity contribution in [3.8, 4) is 17.2 Å². The number of methoxy groups -OCH3 is 1. The minimum Gasteiger partial charge on any atom is -0.493 e. The van der Waals surface area contributed by atoms with Gasteiger partial charge in [0.2, 0.25) is 11.5 Å². The summed E-state index contributed by atoms with van der Waals surface area (Å²) in [5, 5.41) is 0. The Balaban J connectivity index is 1.41. The summed E-state index contributed by atoms with van der Waals surface area (Å²) in [5.74, 6) is 0.851. The zero-order valence-electron chi connectivity index (χ0n) is 17.1. The van der Waals surface area contributed by atoms with Crippen LogP contribution < -0.4 is 14.2 Å². The van der Waals surface area contributed by atoms with E-state index < -0.39 is 12.1 Å². The highest BCUT2D eigenvalue weighted by Crippen LogP contribution is 2.40. The standard InChI is InChI=1S/C24H24O6/c1-15(23(26)19-8-7-17-4-3-5-18(17)14-19)30-22(25)9-6-16-12-20(27-2)24-21(13-16)28-10-11-29-24/h6-9,12-15H,3-5,10-11H2,1-2H3/b9-6+/t15-/m0/s1. The Morgan fingerprint density at radius 2 is 1.87 bits per heavy atom. The van der Waals surface area contributed by atoms with Crippen molar-refractivity contribution >= 4 is 17.8 Å². The first-order valence-electron chi connectivity index (χ1n) is 10.1. The van der Waals surface area contributed by atoms with Gasteiger partial charge in [-0.2, -0.15) is 0 Å². The average molecular weight is 408 g/mol. The molecule has 0 fully saturated rings. The zero-order chi connectivity index (χ0) is 21.1. The Hall–Kier alpha value is -3.28. The van der Waals surface area contributed by atoms with Gasteiger partial charge in [0, 0.05) is 11.6 Å². The van der Waals surface area contributed by atoms with Crippen LogP contribution in [0.1, 0.15) is 40.4 Å². The van der Waals surface area contributed by atoms with E-state index in [0.29, 0.717) is 41.6 Å². The van der Waals surface area contributed by atoms with E-state index in [9.17, 15) is 9.59 Å². The van der Waals surface area contributed by atoms with Crippen molar-refractivity contribution in [3.05, 3.63) is 58.7 Å². The highest BCUT2D eigenvalue weighted by Gasteiger charge is 2.21. The fraction of sp³-hybridized carbons (Fsp3) is 0.333. The maximum absolute atomic E-state index is 12.6. The summed E-state index contributed by atoms with van der Waals surface area (Å²) in [4.78, 5) is 24.9. The summed E-state index contributed by atoms with van der Waals surface area (Å²) in [6.07, 6.45) is 5.19. The smallest absolute Gasteiger partial charge is 0.331 e. The van der Waals surface area contributed by atoms with Crippen LogP contribution >= 0.6 is 0 Å². The molecule has 0 saturated heterocycles. The minimum atomic E-state index is -0.864. The van der Waals surface area contributed by atoms with Crippen LogP contribution in [0, 0.1) is 0 Å². The minimum absolute atomic E-state index is 0.201. The Morgan fingerprint density at radius 1 is 1.07 bits per heavy atom. The number of esters is 1. The zero-order valence-corrected chi connectivity index (χ0v) is 17.1. The maximum atomic E-state index is 12.6. The number of ether oxygens (including phenoxy) is 4. The first-order chi connectivity index (χ1) is 14.5. The number of benzene rings is 2. The van der Waals surface area contributed by atoms with Gasteiger partial charge in [-0.25, -0.2) is 4.79 Å². The number of fused-ring (bicyclic) bond motifs is 2. The lowest BCUT2D eigenvalue weighted by Crippen LogP contribution is -2.23. The van der Waals surface area contributed by atoms with Crippen LogP contribution in [0.5, 0.6) is 17.2 Å². The van der Waals surface area contributed by atoms with Gasteiger partial charge in [-0.3, -0.25) is 4.79 Å². The number of carbonyl (C=O) groups is 2. The van der Waals surface area contributed by atoms with Crippen molar-refractivity contribution in [2.75, 3.05) is 20.3 Å². The molecule has 0 aromatic heterocycles. The molecule has 6 nitrogen and oxygen atoms in total. The SMILES string of the molecule is COc1cc(/C=C/C(=O)O[C@@H](C)C(=O)c2ccc3c(c2)CCC3)cc2c1OCCO2. The van der Waals surface area contributed by atoms with E-state index >= 15 is 0 Å². The highest BCUT2D eigenvalue weighted by atomic mass is 16.6. The molecule has 1 aliphatic heterocycles. The number of aryl methyl sites for hydroxylation is 2. The molecule has 0 unspecified atom stereocenters. The number of Topliss-reactive ketones (excluding diaryl/α,β-unsaturated/α-hetero) is 1. The topological polar surface area (TPSA) is 71.1 Å². The molecule has 2 aromatic rings. The molecule has 2 aromatic carbocycles. The molecule has 0 radical (unpaired) electrons. The number of hydrogen-bond donors (Lipinski definition) is 0. The van der Waals surface area contributed by atoms with Crippen LogP contribution in [0.4, 0.5) is 0 Å². The van der Waals surface area contributed by atoms with Gasteiger partial charge < -0.3 is 18.9 Å². The molecule has 0 bridgehead atoms. The van der Waals surface area contributed by atoms with Crippen molar-refractivity contribution < 1.29 is 28.5 Å². The first kappa shape index (κ1) is 20.0. The van der Waals surface area contributed by atoms with Crippen LogP contribution in [-0.4, -0.2) is 38.2 Å². The second kappa shape index (κ2) is 8.61. The molecule has 2 aliphatic rings. The van der Waals surface area contributed by atoms with E-state index in [1.54, 1.807) is 32.2 Å². The van der Waals surface area contributed by atoms with E-state index in [4.69, 9.17) is 18.9 Å². The molecule has 0 saturated carbocycles. The molecule has 6 heteroatoms. The lowest BCUT2D eigenvalue weighted by atomic mass is 10.0. The van der Waals surface area contributed by atoms with Crippen LogP contribution in [0.15, 0.2) is 36.4 Å². The van der Waals surface area contributed by atoms with Gasteiger partial charge in [0.05, 0.1) is 7.11 Å². The van der Waals surface area contributed by atoms with Crippen molar-refractivity contribution in [2.45, 2.75) is 32.3 Å². The summed E-state index contributed by atoms with van der Waals surface area (Å²) in [6.45, 7) is 2.50. The number of ketones is 1. The maximum Gasteiger partial charge on any atom is 0.331 e. The van der Waals surface area contributed by atoms with Gasteiger partial charge in [-0.1, -0.05) is 12.1 Å². The number of rotatable bonds is 6. The third-order valence-electron chi connectivity index (χ3n) is 5.31. The fourth-order valence-electron chi connectivity index (χ4n) is 3.78. The van der Waals surface area contributed by atoms with Crippen LogP contribution in [-0.2, 0) is 22.4 Å². The fourth-order valence-corrected chi connectivity index (χ4v) is 3.78. The molecule has 1 heterocycles. The molecule has 0 spiro atoms. The van der Waals surface area contributed by atoms with Crippen molar-refractivity contribution in [3.63, 3.8) is 0 Å². The Bertz CT molecular complexity index is 990. The highest BCUT2D eigenvalue weighted by molar-refractivity contribution is 6.01. The van der Waals surface area contributed by atoms with Gasteiger partial charge in [-0.05, 0) is 67.2 Å². The van der Waals surface area contributed by atoms with Gasteiger partial charge >= 0.3 is 5.97 Å². The first-order valence-corrected chi connectivity index (χ1v) is 10.1. The summed E-state index contributed by atoms with van der Waals surface area (Å²) >= 11 is 0. The van der Waals surface area contributed by atoms with Crippen LogP contribution in [0.25, 0.3) is 6.08 Å². The molecule has 30 heavy (non-hydrogen) atoms. The molecule has 4 rings (SSSR count). The number of hydrogen-bond acceptors (Lipinski definition) is 6. The Labute approximate surface area is 175 Å². The lowest BCUT2D eigenvalue weighted by molar-refractivity contribution is -0.140. The predicted molar refractivity (Wildman–Crippen MR) is 111 cm³/mol. The van der Waals surface area contributed by atoms with Crippen molar-refractivity contribution in [1.82, 2.24) is 0 Å². The van der Waals surface area contributed by atoms with Crippen LogP contribution in [0.2, 0.25) is 0 Å². The predicted octanol–water partition coefficient (Wildman–Crippen LogP) is 3.78. The Morgan fingerprint density at radius 3 is 2.70 bits per heavy atom. The van der Waals surface area contributed by atoms with E-state index in [0.717, 1.165) is 19.3 Å². The van der Waals surface area contributed by atoms with E-state index in [1.807, 2.05) is 18.2 Å². The summed E-state index contributed by atoms with van der Waals surface area (Å²) < 4.78 is 21.8. The summed E-state index contributed by atoms with van der Waals surface area (Å²) in [7, 11) is 1.54. The van der Waals surface area contributed by atoms with E-state index in [2.05, 4.69) is 0 Å². The molecule has 156 valence electrons. The quantitative estimate of drug-likeness (QED) is 0.412. The average Bonchev–Trinajstić information content (AvgIpc) is 3.24. The molecule has 1 atom stereocenters. The lowest BCUT2D eigenvalue weighted by Gasteiger charge is -2.20. The molecule has 0 N–H and O–H groups in total. The van der Waals surface area contributed by atoms with Crippen LogP contribution in [0.3, 0.4) is 0 Å². The van der Waals surface area contributed by atoms with E-state index in [-0.39, 0.29) is 5.78 Å². The third-order valence-corrected chi connectivity index (χ3v) is 5.31. The van der Waals surface area contributed by atoms with Gasteiger partial charge in [0.25, 0.3) is 0 Å². The Kier molecular flexibility index (Phi) is 5.74. The summed E-state index contributed by atoms with van der Waals surface area (Å²) in [5.41, 5.74) is 3.79. The molecule has 0 amide bonds. The third kappa shape index (κ3) is 4.17. The normalized spacial score (nSPS) is 15.5. The van der Waals surface area contributed by atoms with E-state index in [1.165, 1.54) is 17.2 Å². The molecule has 1 aliphatic carbocycles. The molecular weight excluding hydrogens is 384 g/mol. The second-order valence-electron chi connectivity index (χ2n) is 7.36. The largest absolute Gasteiger partial charge is 0.493 e.